The lowest BCUT2D eigenvalue weighted by Crippen LogP contribution is -2.51. The van der Waals surface area contributed by atoms with E-state index in [1.54, 1.807) is 0 Å². The summed E-state index contributed by atoms with van der Waals surface area (Å²) in [6.45, 7) is 5.22. The van der Waals surface area contributed by atoms with Crippen molar-refractivity contribution in [2.45, 2.75) is 43.7 Å². The zero-order valence-corrected chi connectivity index (χ0v) is 20.9. The van der Waals surface area contributed by atoms with Gasteiger partial charge in [-0.25, -0.2) is 4.90 Å². The van der Waals surface area contributed by atoms with E-state index in [9.17, 15) is 9.76 Å². The number of ether oxygens (including phenoxy) is 2. The zero-order valence-electron chi connectivity index (χ0n) is 18.5. The monoisotopic (exact) mass is 499 g/mol. The molecule has 0 bridgehead atoms. The molecule has 0 amide bonds. The van der Waals surface area contributed by atoms with Gasteiger partial charge in [0.25, 0.3) is 11.4 Å². The number of hydrogen-bond acceptors (Lipinski definition) is 9. The predicted molar refractivity (Wildman–Crippen MR) is 132 cm³/mol. The van der Waals surface area contributed by atoms with Crippen molar-refractivity contribution in [1.82, 2.24) is 19.7 Å². The van der Waals surface area contributed by atoms with Crippen LogP contribution in [0.3, 0.4) is 0 Å². The largest absolute Gasteiger partial charge is 0.622 e. The highest BCUT2D eigenvalue weighted by Crippen LogP contribution is 2.35. The molecule has 1 fully saturated rings. The third-order valence-corrected chi connectivity index (χ3v) is 7.74. The van der Waals surface area contributed by atoms with Crippen molar-refractivity contribution in [3.63, 3.8) is 0 Å². The van der Waals surface area contributed by atoms with Crippen molar-refractivity contribution in [2.75, 3.05) is 37.9 Å². The quantitative estimate of drug-likeness (QED) is 0.227. The van der Waals surface area contributed by atoms with Gasteiger partial charge in [-0.05, 0) is 44.2 Å². The first kappa shape index (κ1) is 25.1. The van der Waals surface area contributed by atoms with E-state index < -0.39 is 22.1 Å². The molecule has 3 rings (SSSR count). The minimum Gasteiger partial charge on any atom is -0.622 e. The molecule has 0 saturated carbocycles. The molecule has 9 nitrogen and oxygen atoms in total. The highest BCUT2D eigenvalue weighted by atomic mass is 32.2. The van der Waals surface area contributed by atoms with Gasteiger partial charge in [-0.2, -0.15) is 0 Å². The van der Waals surface area contributed by atoms with Gasteiger partial charge in [0.1, 0.15) is 18.2 Å². The van der Waals surface area contributed by atoms with E-state index in [0.29, 0.717) is 28.9 Å². The van der Waals surface area contributed by atoms with Gasteiger partial charge in [0.2, 0.25) is 0 Å². The fraction of sp³-hybridized carbons (Fsp3) is 0.550. The van der Waals surface area contributed by atoms with Crippen molar-refractivity contribution in [3.05, 3.63) is 29.5 Å². The van der Waals surface area contributed by atoms with Gasteiger partial charge in [0.15, 0.2) is 0 Å². The summed E-state index contributed by atoms with van der Waals surface area (Å²) in [6, 6.07) is 7.40. The van der Waals surface area contributed by atoms with Gasteiger partial charge in [-0.1, -0.05) is 36.5 Å². The van der Waals surface area contributed by atoms with Crippen molar-refractivity contribution >= 4 is 50.7 Å². The Bertz CT molecular complexity index is 902. The Morgan fingerprint density at radius 1 is 1.38 bits per heavy atom. The van der Waals surface area contributed by atoms with Crippen LogP contribution < -0.4 is 14.7 Å². The van der Waals surface area contributed by atoms with Crippen LogP contribution in [0, 0.1) is 5.21 Å². The second kappa shape index (κ2) is 11.5. The van der Waals surface area contributed by atoms with E-state index in [1.807, 2.05) is 50.1 Å². The number of unbranched alkanes of at least 4 members (excludes halogenated alkanes) is 1. The molecule has 1 aliphatic heterocycles. The summed E-state index contributed by atoms with van der Waals surface area (Å²) >= 11 is 5.20. The average Bonchev–Trinajstić information content (AvgIpc) is 3.36. The molecule has 0 spiro atoms. The summed E-state index contributed by atoms with van der Waals surface area (Å²) < 4.78 is 23.4. The number of nitrogens with zero attached hydrogens (tertiary/aromatic N) is 4. The Labute approximate surface area is 201 Å². The highest BCUT2D eigenvalue weighted by molar-refractivity contribution is 7.93. The maximum Gasteiger partial charge on any atom is 0.327 e. The molecule has 1 saturated heterocycles. The maximum absolute atomic E-state index is 13.7. The van der Waals surface area contributed by atoms with E-state index in [-0.39, 0.29) is 17.0 Å². The topological polar surface area (TPSA) is 106 Å². The average molecular weight is 500 g/mol. The van der Waals surface area contributed by atoms with Crippen LogP contribution in [0.4, 0.5) is 10.8 Å². The second-order valence-corrected chi connectivity index (χ2v) is 10.7. The fourth-order valence-electron chi connectivity index (χ4n) is 3.18. The van der Waals surface area contributed by atoms with Gasteiger partial charge < -0.3 is 24.6 Å². The Kier molecular flexibility index (Phi) is 9.05. The highest BCUT2D eigenvalue weighted by Gasteiger charge is 2.45. The second-order valence-electron chi connectivity index (χ2n) is 7.59. The van der Waals surface area contributed by atoms with E-state index >= 15 is 0 Å². The summed E-state index contributed by atoms with van der Waals surface area (Å²) in [6.07, 6.45) is 1.87. The summed E-state index contributed by atoms with van der Waals surface area (Å²) in [5.74, 6) is 1.24. The Hall–Kier alpha value is -1.54. The van der Waals surface area contributed by atoms with Crippen LogP contribution in [0.15, 0.2) is 28.6 Å². The molecule has 2 heterocycles. The van der Waals surface area contributed by atoms with Crippen molar-refractivity contribution in [3.8, 4) is 5.75 Å². The molecule has 0 radical (unpaired) electrons. The van der Waals surface area contributed by atoms with Crippen LogP contribution in [-0.2, 0) is 15.9 Å². The lowest BCUT2D eigenvalue weighted by Gasteiger charge is -2.38. The van der Waals surface area contributed by atoms with Crippen LogP contribution in [0.5, 0.6) is 5.75 Å². The summed E-state index contributed by atoms with van der Waals surface area (Å²) in [4.78, 5) is 1.86. The van der Waals surface area contributed by atoms with Crippen LogP contribution in [0.25, 0.3) is 0 Å². The third-order valence-electron chi connectivity index (χ3n) is 4.78. The molecule has 2 aromatic rings. The van der Waals surface area contributed by atoms with Gasteiger partial charge in [0.05, 0.1) is 13.2 Å². The molecule has 0 aliphatic carbocycles. The number of nitrogens with one attached hydrogen (secondary N) is 1. The van der Waals surface area contributed by atoms with E-state index in [1.165, 1.54) is 0 Å². The number of hydroxylamine groups is 2. The number of hydrogen-bond donors (Lipinski definition) is 1. The van der Waals surface area contributed by atoms with E-state index in [4.69, 9.17) is 21.7 Å². The first-order valence-corrected chi connectivity index (χ1v) is 13.1. The first-order chi connectivity index (χ1) is 15.4. The summed E-state index contributed by atoms with van der Waals surface area (Å²) in [5, 5.41) is 25.1. The van der Waals surface area contributed by atoms with Crippen LogP contribution in [0.1, 0.15) is 33.1 Å². The molecular weight excluding hydrogens is 470 g/mol. The maximum atomic E-state index is 13.7. The molecule has 1 aromatic heterocycles. The molecule has 32 heavy (non-hydrogen) atoms. The van der Waals surface area contributed by atoms with Gasteiger partial charge in [-0.15, -0.1) is 0 Å². The van der Waals surface area contributed by atoms with Gasteiger partial charge in [0, 0.05) is 34.3 Å². The van der Waals surface area contributed by atoms with Crippen LogP contribution in [0.2, 0.25) is 0 Å². The number of quaternary nitrogens is 1. The fourth-order valence-corrected chi connectivity index (χ4v) is 5.76. The zero-order chi connectivity index (χ0) is 23.1. The number of aromatic nitrogens is 2. The SMILES string of the molecule is CCCC[S+]([O-])c1nnc([N+]2([O-])CN(C)CC2OC(=S)Nc2cccc(OCCC)c2)s1. The van der Waals surface area contributed by atoms with Crippen molar-refractivity contribution in [1.29, 1.82) is 0 Å². The Morgan fingerprint density at radius 2 is 2.19 bits per heavy atom. The van der Waals surface area contributed by atoms with Crippen LogP contribution in [-0.4, -0.2) is 63.7 Å². The summed E-state index contributed by atoms with van der Waals surface area (Å²) in [5.41, 5.74) is 0.712. The number of rotatable bonds is 10. The molecule has 12 heteroatoms. The minimum atomic E-state index is -1.25. The number of benzene rings is 1. The molecule has 1 aliphatic rings. The Balaban J connectivity index is 1.68. The molecule has 176 valence electrons. The first-order valence-electron chi connectivity index (χ1n) is 10.6. The molecular formula is C20H29N5O4S3. The lowest BCUT2D eigenvalue weighted by atomic mass is 10.3. The van der Waals surface area contributed by atoms with Gasteiger partial charge >= 0.3 is 9.47 Å². The minimum absolute atomic E-state index is 0.0903. The van der Waals surface area contributed by atoms with E-state index in [2.05, 4.69) is 15.5 Å². The van der Waals surface area contributed by atoms with Crippen LogP contribution >= 0.6 is 23.6 Å². The van der Waals surface area contributed by atoms with Crippen molar-refractivity contribution < 1.29 is 14.0 Å². The molecule has 1 N–H and O–H groups in total. The smallest absolute Gasteiger partial charge is 0.327 e. The molecule has 3 atom stereocenters. The van der Waals surface area contributed by atoms with Crippen molar-refractivity contribution in [2.24, 2.45) is 0 Å². The lowest BCUT2D eigenvalue weighted by molar-refractivity contribution is 0.101. The normalized spacial score (nSPS) is 22.0. The number of thiocarbonyl (C=S) groups is 1. The predicted octanol–water partition coefficient (Wildman–Crippen LogP) is 3.68. The number of likely N-dealkylation sites (N-methyl/N-ethyl adjacent to an activating group) is 1. The Morgan fingerprint density at radius 3 is 2.94 bits per heavy atom. The number of anilines is 1. The standard InChI is InChI=1S/C20H29N5O4S3/c1-4-6-11-32(27)20-23-22-18(31-20)25(26)14-24(3)13-17(25)29-19(30)21-15-8-7-9-16(12-15)28-10-5-2/h7-9,12,17H,4-6,10-11,13-14H2,1-3H3,(H,21,30). The van der Waals surface area contributed by atoms with E-state index in [0.717, 1.165) is 36.3 Å². The summed E-state index contributed by atoms with van der Waals surface area (Å²) in [7, 11) is 1.83. The molecule has 3 unspecified atom stereocenters. The van der Waals surface area contributed by atoms with Gasteiger partial charge in [-0.3, -0.25) is 4.65 Å². The molecule has 1 aromatic carbocycles. The third kappa shape index (κ3) is 6.28.